The number of phenolic OH excluding ortho intramolecular Hbond substituents is 1. The fourth-order valence-electron chi connectivity index (χ4n) is 2.31. The molecule has 1 amide bonds. The number of methoxy groups -OCH3 is 1. The first-order chi connectivity index (χ1) is 13.3. The van der Waals surface area contributed by atoms with Gasteiger partial charge in [-0.15, -0.1) is 0 Å². The molecule has 0 aromatic heterocycles. The molecule has 2 aromatic rings. The number of rotatable bonds is 4. The van der Waals surface area contributed by atoms with Crippen molar-refractivity contribution in [2.75, 3.05) is 7.11 Å². The van der Waals surface area contributed by atoms with Crippen LogP contribution in [0.15, 0.2) is 40.2 Å². The molecule has 1 aliphatic heterocycles. The highest BCUT2D eigenvalue weighted by molar-refractivity contribution is 8.18. The molecule has 0 unspecified atom stereocenters. The van der Waals surface area contributed by atoms with Gasteiger partial charge in [0.1, 0.15) is 0 Å². The van der Waals surface area contributed by atoms with Gasteiger partial charge < -0.3 is 15.2 Å². The zero-order valence-electron chi connectivity index (χ0n) is 14.1. The van der Waals surface area contributed by atoms with Crippen LogP contribution >= 0.6 is 35.0 Å². The van der Waals surface area contributed by atoms with Gasteiger partial charge in [0.05, 0.1) is 32.7 Å². The Hall–Kier alpha value is -2.75. The van der Waals surface area contributed by atoms with Crippen LogP contribution in [0, 0.1) is 10.1 Å². The molecule has 3 rings (SSSR count). The summed E-state index contributed by atoms with van der Waals surface area (Å²) in [5.74, 6) is -1.10. The van der Waals surface area contributed by atoms with E-state index >= 15 is 0 Å². The van der Waals surface area contributed by atoms with Crippen molar-refractivity contribution in [1.82, 2.24) is 5.32 Å². The summed E-state index contributed by atoms with van der Waals surface area (Å²) in [7, 11) is 1.27. The Labute approximate surface area is 173 Å². The van der Waals surface area contributed by atoms with Gasteiger partial charge in [0.2, 0.25) is 5.75 Å². The van der Waals surface area contributed by atoms with Crippen LogP contribution in [0.4, 0.5) is 11.4 Å². The van der Waals surface area contributed by atoms with Gasteiger partial charge >= 0.3 is 5.69 Å². The molecule has 0 saturated carbocycles. The van der Waals surface area contributed by atoms with E-state index in [4.69, 9.17) is 27.9 Å². The number of hydrogen-bond acceptors (Lipinski definition) is 7. The Morgan fingerprint density at radius 2 is 2.11 bits per heavy atom. The van der Waals surface area contributed by atoms with Gasteiger partial charge in [-0.25, -0.2) is 4.99 Å². The number of hydrogen-bond donors (Lipinski definition) is 2. The smallest absolute Gasteiger partial charge is 0.315 e. The molecule has 1 aliphatic rings. The van der Waals surface area contributed by atoms with E-state index in [0.29, 0.717) is 16.3 Å². The van der Waals surface area contributed by atoms with Crippen LogP contribution in [0.25, 0.3) is 6.08 Å². The number of thioether (sulfide) groups is 1. The standard InChI is InChI=1S/C17H11Cl2N3O5S/c1-27-12-6-8(5-11(15(12)23)22(25)26)7-13-16(24)21-17(28-13)20-10-4-2-3-9(18)14(10)19/h2-7,23H,1H3,(H,20,21,24)/b13-7-. The summed E-state index contributed by atoms with van der Waals surface area (Å²) in [6.07, 6.45) is 1.43. The summed E-state index contributed by atoms with van der Waals surface area (Å²) in [4.78, 5) is 27.1. The number of nitro benzene ring substituents is 1. The molecule has 0 atom stereocenters. The lowest BCUT2D eigenvalue weighted by molar-refractivity contribution is -0.386. The summed E-state index contributed by atoms with van der Waals surface area (Å²) < 4.78 is 4.95. The van der Waals surface area contributed by atoms with Crippen LogP contribution in [0.1, 0.15) is 5.56 Å². The number of amides is 1. The number of aromatic hydroxyl groups is 1. The second-order valence-electron chi connectivity index (χ2n) is 5.40. The molecule has 2 N–H and O–H groups in total. The van der Waals surface area contributed by atoms with Crippen LogP contribution in [0.2, 0.25) is 10.0 Å². The molecule has 144 valence electrons. The topological polar surface area (TPSA) is 114 Å². The highest BCUT2D eigenvalue weighted by Crippen LogP contribution is 2.39. The van der Waals surface area contributed by atoms with Gasteiger partial charge in [-0.2, -0.15) is 0 Å². The van der Waals surface area contributed by atoms with Gasteiger partial charge in [-0.05, 0) is 41.6 Å². The van der Waals surface area contributed by atoms with Crippen molar-refractivity contribution in [3.05, 3.63) is 61.0 Å². The molecule has 8 nitrogen and oxygen atoms in total. The molecular weight excluding hydrogens is 429 g/mol. The number of aliphatic imine (C=N–C) groups is 1. The normalized spacial score (nSPS) is 16.5. The Morgan fingerprint density at radius 1 is 1.36 bits per heavy atom. The minimum absolute atomic E-state index is 0.0796. The van der Waals surface area contributed by atoms with E-state index < -0.39 is 22.3 Å². The second kappa shape index (κ2) is 8.09. The zero-order valence-corrected chi connectivity index (χ0v) is 16.4. The number of nitrogens with zero attached hydrogens (tertiary/aromatic N) is 2. The van der Waals surface area contributed by atoms with E-state index in [2.05, 4.69) is 10.3 Å². The molecule has 1 heterocycles. The fourth-order valence-corrected chi connectivity index (χ4v) is 3.48. The summed E-state index contributed by atoms with van der Waals surface area (Å²) in [6, 6.07) is 7.45. The zero-order chi connectivity index (χ0) is 20.4. The number of amidine groups is 1. The maximum Gasteiger partial charge on any atom is 0.315 e. The highest BCUT2D eigenvalue weighted by Gasteiger charge is 2.25. The summed E-state index contributed by atoms with van der Waals surface area (Å²) in [5.41, 5.74) is 0.162. The van der Waals surface area contributed by atoms with Crippen molar-refractivity contribution in [2.45, 2.75) is 0 Å². The lowest BCUT2D eigenvalue weighted by atomic mass is 10.1. The average molecular weight is 440 g/mol. The first kappa shape index (κ1) is 20.0. The Balaban J connectivity index is 1.95. The van der Waals surface area contributed by atoms with Crippen molar-refractivity contribution < 1.29 is 19.6 Å². The van der Waals surface area contributed by atoms with E-state index in [1.54, 1.807) is 18.2 Å². The number of halogens is 2. The average Bonchev–Trinajstić information content (AvgIpc) is 2.99. The fraction of sp³-hybridized carbons (Fsp3) is 0.0588. The third-order valence-corrected chi connectivity index (χ3v) is 5.31. The van der Waals surface area contributed by atoms with Gasteiger partial charge in [-0.1, -0.05) is 29.3 Å². The van der Waals surface area contributed by atoms with Gasteiger partial charge in [-0.3, -0.25) is 14.9 Å². The molecule has 0 aliphatic carbocycles. The number of carbonyl (C=O) groups excluding carboxylic acids is 1. The quantitative estimate of drug-likeness (QED) is 0.411. The predicted molar refractivity (Wildman–Crippen MR) is 109 cm³/mol. The van der Waals surface area contributed by atoms with Crippen molar-refractivity contribution in [3.63, 3.8) is 0 Å². The lowest BCUT2D eigenvalue weighted by Crippen LogP contribution is -2.19. The molecule has 0 spiro atoms. The number of carbonyl (C=O) groups is 1. The molecule has 1 fully saturated rings. The van der Waals surface area contributed by atoms with Crippen LogP contribution < -0.4 is 10.1 Å². The molecule has 28 heavy (non-hydrogen) atoms. The van der Waals surface area contributed by atoms with E-state index in [0.717, 1.165) is 17.8 Å². The minimum atomic E-state index is -0.740. The monoisotopic (exact) mass is 439 g/mol. The third kappa shape index (κ3) is 4.06. The molecule has 2 aromatic carbocycles. The number of phenols is 1. The molecule has 11 heteroatoms. The van der Waals surface area contributed by atoms with Crippen LogP contribution in [0.5, 0.6) is 11.5 Å². The van der Waals surface area contributed by atoms with Crippen molar-refractivity contribution in [2.24, 2.45) is 4.99 Å². The molecule has 0 bridgehead atoms. The molecule has 1 saturated heterocycles. The van der Waals surface area contributed by atoms with E-state index in [1.165, 1.54) is 19.3 Å². The van der Waals surface area contributed by atoms with Crippen molar-refractivity contribution >= 4 is 63.5 Å². The first-order valence-corrected chi connectivity index (χ1v) is 9.16. The first-order valence-electron chi connectivity index (χ1n) is 7.59. The maximum atomic E-state index is 12.2. The van der Waals surface area contributed by atoms with Crippen LogP contribution in [0.3, 0.4) is 0 Å². The molecular formula is C17H11Cl2N3O5S. The minimum Gasteiger partial charge on any atom is -0.500 e. The Morgan fingerprint density at radius 3 is 2.79 bits per heavy atom. The second-order valence-corrected chi connectivity index (χ2v) is 7.22. The largest absolute Gasteiger partial charge is 0.500 e. The van der Waals surface area contributed by atoms with Gasteiger partial charge in [0, 0.05) is 6.07 Å². The van der Waals surface area contributed by atoms with Crippen molar-refractivity contribution in [3.8, 4) is 11.5 Å². The number of nitro groups is 1. The number of nitrogens with one attached hydrogen (secondary N) is 1. The van der Waals surface area contributed by atoms with Crippen LogP contribution in [-0.2, 0) is 4.79 Å². The predicted octanol–water partition coefficient (Wildman–Crippen LogP) is 4.51. The maximum absolute atomic E-state index is 12.2. The Bertz CT molecular complexity index is 1060. The van der Waals surface area contributed by atoms with Gasteiger partial charge in [0.15, 0.2) is 10.9 Å². The van der Waals surface area contributed by atoms with Crippen molar-refractivity contribution in [1.29, 1.82) is 0 Å². The van der Waals surface area contributed by atoms with E-state index in [-0.39, 0.29) is 20.8 Å². The number of benzene rings is 2. The summed E-state index contributed by atoms with van der Waals surface area (Å²) in [5, 5.41) is 24.4. The summed E-state index contributed by atoms with van der Waals surface area (Å²) in [6.45, 7) is 0. The lowest BCUT2D eigenvalue weighted by Gasteiger charge is -2.05. The Kier molecular flexibility index (Phi) is 5.78. The SMILES string of the molecule is COc1cc(/C=C2\SC(=Nc3cccc(Cl)c3Cl)NC2=O)cc([N+](=O)[O-])c1O. The highest BCUT2D eigenvalue weighted by atomic mass is 35.5. The number of ether oxygens (including phenoxy) is 1. The van der Waals surface area contributed by atoms with Crippen LogP contribution in [-0.4, -0.2) is 28.2 Å². The third-order valence-electron chi connectivity index (χ3n) is 3.60. The van der Waals surface area contributed by atoms with E-state index in [9.17, 15) is 20.0 Å². The van der Waals surface area contributed by atoms with Gasteiger partial charge in [0.25, 0.3) is 5.91 Å². The van der Waals surface area contributed by atoms with E-state index in [1.807, 2.05) is 0 Å². The summed E-state index contributed by atoms with van der Waals surface area (Å²) >= 11 is 13.1. The molecule has 0 radical (unpaired) electrons.